The van der Waals surface area contributed by atoms with Gasteiger partial charge in [-0.25, -0.2) is 0 Å². The van der Waals surface area contributed by atoms with E-state index in [2.05, 4.69) is 5.32 Å². The third-order valence-corrected chi connectivity index (χ3v) is 5.24. The fourth-order valence-corrected chi connectivity index (χ4v) is 4.11. The second kappa shape index (κ2) is 4.73. The van der Waals surface area contributed by atoms with Gasteiger partial charge in [0.15, 0.2) is 12.4 Å². The number of hydrogen-bond donors (Lipinski definition) is 1. The van der Waals surface area contributed by atoms with Gasteiger partial charge in [-0.3, -0.25) is 9.59 Å². The lowest BCUT2D eigenvalue weighted by Gasteiger charge is -2.19. The highest BCUT2D eigenvalue weighted by Gasteiger charge is 2.54. The molecule has 110 valence electrons. The van der Waals surface area contributed by atoms with Crippen molar-refractivity contribution in [1.82, 2.24) is 0 Å². The summed E-state index contributed by atoms with van der Waals surface area (Å²) in [5.74, 6) is 1.72. The van der Waals surface area contributed by atoms with Gasteiger partial charge in [0.1, 0.15) is 5.75 Å². The van der Waals surface area contributed by atoms with Crippen molar-refractivity contribution in [1.29, 1.82) is 0 Å². The molecule has 0 aromatic heterocycles. The molecule has 2 aliphatic carbocycles. The fraction of sp³-hybridized carbons (Fsp3) is 0.500. The van der Waals surface area contributed by atoms with Gasteiger partial charge in [0.05, 0.1) is 10.7 Å². The summed E-state index contributed by atoms with van der Waals surface area (Å²) >= 11 is 6.25. The highest BCUT2D eigenvalue weighted by atomic mass is 35.5. The van der Waals surface area contributed by atoms with Crippen LogP contribution in [0.15, 0.2) is 12.1 Å². The first-order valence-corrected chi connectivity index (χ1v) is 7.83. The Kier molecular flexibility index (Phi) is 2.96. The van der Waals surface area contributed by atoms with Gasteiger partial charge in [0.25, 0.3) is 5.91 Å². The van der Waals surface area contributed by atoms with Crippen LogP contribution in [0.3, 0.4) is 0 Å². The second-order valence-electron chi connectivity index (χ2n) is 6.17. The fourth-order valence-electron chi connectivity index (χ4n) is 3.85. The number of rotatable bonds is 2. The molecule has 5 heteroatoms. The van der Waals surface area contributed by atoms with Crippen LogP contribution in [0.1, 0.15) is 36.0 Å². The molecule has 4 nitrogen and oxygen atoms in total. The van der Waals surface area contributed by atoms with E-state index in [0.29, 0.717) is 33.9 Å². The minimum atomic E-state index is -0.203. The first kappa shape index (κ1) is 13.1. The van der Waals surface area contributed by atoms with Crippen molar-refractivity contribution < 1.29 is 14.3 Å². The van der Waals surface area contributed by atoms with E-state index in [9.17, 15) is 9.59 Å². The third kappa shape index (κ3) is 2.13. The van der Waals surface area contributed by atoms with Crippen LogP contribution in [0.25, 0.3) is 0 Å². The largest absolute Gasteiger partial charge is 0.482 e. The lowest BCUT2D eigenvalue weighted by atomic mass is 10.0. The number of benzene rings is 1. The van der Waals surface area contributed by atoms with Crippen LogP contribution in [-0.4, -0.2) is 18.3 Å². The summed E-state index contributed by atoms with van der Waals surface area (Å²) in [6, 6.07) is 3.30. The van der Waals surface area contributed by atoms with Crippen LogP contribution in [0.2, 0.25) is 5.02 Å². The summed E-state index contributed by atoms with van der Waals surface area (Å²) in [6.07, 6.45) is 4.79. The zero-order valence-electron chi connectivity index (χ0n) is 11.5. The molecule has 21 heavy (non-hydrogen) atoms. The average molecular weight is 306 g/mol. The van der Waals surface area contributed by atoms with E-state index in [1.807, 2.05) is 0 Å². The number of carbonyl (C=O) groups is 2. The van der Waals surface area contributed by atoms with Crippen molar-refractivity contribution in [3.63, 3.8) is 0 Å². The molecule has 1 aromatic rings. The Hall–Kier alpha value is -1.55. The number of carbonyl (C=O) groups excluding carboxylic acids is 2. The van der Waals surface area contributed by atoms with Crippen LogP contribution in [0.4, 0.5) is 5.69 Å². The zero-order valence-corrected chi connectivity index (χ0v) is 12.3. The first-order valence-electron chi connectivity index (χ1n) is 7.45. The lowest BCUT2D eigenvalue weighted by molar-refractivity contribution is -0.118. The van der Waals surface area contributed by atoms with Gasteiger partial charge >= 0.3 is 0 Å². The minimum Gasteiger partial charge on any atom is -0.482 e. The van der Waals surface area contributed by atoms with Crippen molar-refractivity contribution in [3.05, 3.63) is 22.7 Å². The summed E-state index contributed by atoms with van der Waals surface area (Å²) in [5, 5.41) is 3.10. The van der Waals surface area contributed by atoms with Gasteiger partial charge in [-0.15, -0.1) is 0 Å². The summed E-state index contributed by atoms with van der Waals surface area (Å²) in [6.45, 7) is -0.0169. The van der Waals surface area contributed by atoms with Gasteiger partial charge in [0, 0.05) is 11.5 Å². The SMILES string of the molecule is O=C1COc2cc(C(=O)C3C4CCCCC43)c(Cl)cc2N1. The number of nitrogens with one attached hydrogen (secondary N) is 1. The van der Waals surface area contributed by atoms with Crippen LogP contribution in [0, 0.1) is 17.8 Å². The van der Waals surface area contributed by atoms with Crippen molar-refractivity contribution >= 4 is 29.0 Å². The van der Waals surface area contributed by atoms with Crippen molar-refractivity contribution in [2.24, 2.45) is 17.8 Å². The highest BCUT2D eigenvalue weighted by Crippen LogP contribution is 2.57. The summed E-state index contributed by atoms with van der Waals surface area (Å²) < 4.78 is 5.38. The van der Waals surface area contributed by atoms with Crippen molar-refractivity contribution in [2.75, 3.05) is 11.9 Å². The average Bonchev–Trinajstić information content (AvgIpc) is 3.20. The third-order valence-electron chi connectivity index (χ3n) is 4.93. The number of ketones is 1. The molecular weight excluding hydrogens is 290 g/mol. The number of fused-ring (bicyclic) bond motifs is 2. The summed E-state index contributed by atoms with van der Waals surface area (Å²) in [7, 11) is 0. The normalized spacial score (nSPS) is 29.8. The van der Waals surface area contributed by atoms with Gasteiger partial charge in [-0.1, -0.05) is 24.4 Å². The molecule has 1 N–H and O–H groups in total. The maximum atomic E-state index is 12.7. The molecule has 1 amide bonds. The van der Waals surface area contributed by atoms with Crippen LogP contribution >= 0.6 is 11.6 Å². The van der Waals surface area contributed by atoms with Crippen molar-refractivity contribution in [2.45, 2.75) is 25.7 Å². The van der Waals surface area contributed by atoms with E-state index in [1.165, 1.54) is 12.8 Å². The molecule has 0 spiro atoms. The maximum absolute atomic E-state index is 12.7. The minimum absolute atomic E-state index is 0.0169. The molecule has 2 saturated carbocycles. The van der Waals surface area contributed by atoms with Crippen molar-refractivity contribution in [3.8, 4) is 5.75 Å². The van der Waals surface area contributed by atoms with E-state index in [4.69, 9.17) is 16.3 Å². The molecule has 2 unspecified atom stereocenters. The molecule has 1 aromatic carbocycles. The van der Waals surface area contributed by atoms with Gasteiger partial charge in [-0.05, 0) is 36.8 Å². The van der Waals surface area contributed by atoms with E-state index >= 15 is 0 Å². The van der Waals surface area contributed by atoms with E-state index < -0.39 is 0 Å². The quantitative estimate of drug-likeness (QED) is 0.853. The summed E-state index contributed by atoms with van der Waals surface area (Å²) in [4.78, 5) is 24.0. The first-order chi connectivity index (χ1) is 10.1. The van der Waals surface area contributed by atoms with Crippen LogP contribution < -0.4 is 10.1 Å². The number of halogens is 1. The zero-order chi connectivity index (χ0) is 14.6. The van der Waals surface area contributed by atoms with E-state index in [1.54, 1.807) is 12.1 Å². The monoisotopic (exact) mass is 305 g/mol. The molecule has 2 fully saturated rings. The smallest absolute Gasteiger partial charge is 0.262 e. The Morgan fingerprint density at radius 2 is 1.95 bits per heavy atom. The summed E-state index contributed by atoms with van der Waals surface area (Å²) in [5.41, 5.74) is 1.08. The van der Waals surface area contributed by atoms with Gasteiger partial charge in [-0.2, -0.15) is 0 Å². The predicted octanol–water partition coefficient (Wildman–Crippen LogP) is 3.29. The Labute approximate surface area is 127 Å². The molecule has 0 saturated heterocycles. The molecule has 0 radical (unpaired) electrons. The number of Topliss-reactive ketones (excluding diaryl/α,β-unsaturated/α-hetero) is 1. The van der Waals surface area contributed by atoms with Gasteiger partial charge in [0.2, 0.25) is 0 Å². The number of anilines is 1. The van der Waals surface area contributed by atoms with Crippen LogP contribution in [0.5, 0.6) is 5.75 Å². The van der Waals surface area contributed by atoms with Gasteiger partial charge < -0.3 is 10.1 Å². The topological polar surface area (TPSA) is 55.4 Å². The Morgan fingerprint density at radius 3 is 2.67 bits per heavy atom. The van der Waals surface area contributed by atoms with E-state index in [0.717, 1.165) is 12.8 Å². The standard InChI is InChI=1S/C16H16ClNO3/c17-11-6-12-13(21-7-14(19)18-12)5-10(11)16(20)15-8-3-1-2-4-9(8)15/h5-6,8-9,15H,1-4,7H2,(H,18,19). The van der Waals surface area contributed by atoms with Crippen LogP contribution in [-0.2, 0) is 4.79 Å². The van der Waals surface area contributed by atoms with E-state index in [-0.39, 0.29) is 24.2 Å². The Balaban J connectivity index is 1.63. The molecule has 2 atom stereocenters. The second-order valence-corrected chi connectivity index (χ2v) is 6.57. The molecule has 1 aliphatic heterocycles. The molecule has 3 aliphatic rings. The molecular formula is C16H16ClNO3. The number of hydrogen-bond acceptors (Lipinski definition) is 3. The molecule has 0 bridgehead atoms. The molecule has 4 rings (SSSR count). The highest BCUT2D eigenvalue weighted by molar-refractivity contribution is 6.34. The Morgan fingerprint density at radius 1 is 1.24 bits per heavy atom. The maximum Gasteiger partial charge on any atom is 0.262 e. The lowest BCUT2D eigenvalue weighted by Crippen LogP contribution is -2.25. The Bertz CT molecular complexity index is 631. The predicted molar refractivity (Wildman–Crippen MR) is 78.8 cm³/mol. The number of amides is 1. The number of ether oxygens (including phenoxy) is 1. The molecule has 1 heterocycles.